The van der Waals surface area contributed by atoms with Crippen molar-refractivity contribution < 1.29 is 4.39 Å². The Balaban J connectivity index is 2.27. The van der Waals surface area contributed by atoms with Crippen molar-refractivity contribution in [3.8, 4) is 0 Å². The van der Waals surface area contributed by atoms with Gasteiger partial charge in [-0.15, -0.1) is 0 Å². The van der Waals surface area contributed by atoms with Crippen LogP contribution in [0.4, 0.5) is 10.2 Å². The first-order chi connectivity index (χ1) is 6.66. The third-order valence-electron chi connectivity index (χ3n) is 2.22. The van der Waals surface area contributed by atoms with Gasteiger partial charge in [0.05, 0.1) is 6.20 Å². The maximum atomic E-state index is 13.3. The molecule has 2 N–H and O–H groups in total. The van der Waals surface area contributed by atoms with Gasteiger partial charge in [0.15, 0.2) is 11.6 Å². The minimum atomic E-state index is -0.455. The van der Waals surface area contributed by atoms with Crippen LogP contribution in [0.3, 0.4) is 0 Å². The lowest BCUT2D eigenvalue weighted by molar-refractivity contribution is 0.607. The Labute approximate surface area is 85.9 Å². The molecule has 6 heteroatoms. The predicted octanol–water partition coefficient (Wildman–Crippen LogP) is 0.806. The Morgan fingerprint density at radius 1 is 1.64 bits per heavy atom. The van der Waals surface area contributed by atoms with Crippen molar-refractivity contribution in [1.82, 2.24) is 9.97 Å². The molecule has 1 aromatic heterocycles. The first-order valence-electron chi connectivity index (χ1n) is 4.35. The van der Waals surface area contributed by atoms with Gasteiger partial charge < -0.3 is 10.6 Å². The molecule has 0 aromatic carbocycles. The van der Waals surface area contributed by atoms with Crippen LogP contribution in [0, 0.1) is 5.82 Å². The highest BCUT2D eigenvalue weighted by atomic mass is 35.5. The SMILES string of the molecule is N[C@H]1CCN(c2nc(Cl)ncc2F)C1. The van der Waals surface area contributed by atoms with Crippen LogP contribution in [0.2, 0.25) is 5.28 Å². The Bertz CT molecular complexity index is 346. The first kappa shape index (κ1) is 9.61. The van der Waals surface area contributed by atoms with Gasteiger partial charge in [0, 0.05) is 19.1 Å². The summed E-state index contributed by atoms with van der Waals surface area (Å²) < 4.78 is 13.3. The van der Waals surface area contributed by atoms with Crippen LogP contribution in [-0.4, -0.2) is 29.1 Å². The van der Waals surface area contributed by atoms with E-state index in [9.17, 15) is 4.39 Å². The molecule has 1 saturated heterocycles. The molecule has 14 heavy (non-hydrogen) atoms. The fourth-order valence-corrected chi connectivity index (χ4v) is 1.67. The quantitative estimate of drug-likeness (QED) is 0.706. The molecule has 0 amide bonds. The lowest BCUT2D eigenvalue weighted by Gasteiger charge is -2.16. The van der Waals surface area contributed by atoms with Gasteiger partial charge in [0.2, 0.25) is 5.28 Å². The Hall–Kier alpha value is -0.940. The van der Waals surface area contributed by atoms with Gasteiger partial charge in [-0.3, -0.25) is 0 Å². The van der Waals surface area contributed by atoms with Crippen molar-refractivity contribution in [2.75, 3.05) is 18.0 Å². The van der Waals surface area contributed by atoms with E-state index < -0.39 is 5.82 Å². The number of anilines is 1. The molecule has 0 radical (unpaired) electrons. The van der Waals surface area contributed by atoms with Crippen LogP contribution >= 0.6 is 11.6 Å². The van der Waals surface area contributed by atoms with E-state index in [-0.39, 0.29) is 17.1 Å². The third kappa shape index (κ3) is 1.78. The summed E-state index contributed by atoms with van der Waals surface area (Å²) in [5.41, 5.74) is 5.71. The number of halogens is 2. The molecule has 1 aromatic rings. The van der Waals surface area contributed by atoms with E-state index in [2.05, 4.69) is 9.97 Å². The van der Waals surface area contributed by atoms with E-state index in [1.165, 1.54) is 0 Å². The van der Waals surface area contributed by atoms with E-state index >= 15 is 0 Å². The van der Waals surface area contributed by atoms with Gasteiger partial charge in [0.1, 0.15) is 0 Å². The van der Waals surface area contributed by atoms with Gasteiger partial charge in [-0.25, -0.2) is 9.37 Å². The molecule has 0 bridgehead atoms. The summed E-state index contributed by atoms with van der Waals surface area (Å²) in [6.07, 6.45) is 1.93. The normalized spacial score (nSPS) is 21.6. The summed E-state index contributed by atoms with van der Waals surface area (Å²) in [5, 5.41) is 0.0573. The van der Waals surface area contributed by atoms with Crippen molar-refractivity contribution >= 4 is 17.4 Å². The fraction of sp³-hybridized carbons (Fsp3) is 0.500. The predicted molar refractivity (Wildman–Crippen MR) is 51.8 cm³/mol. The summed E-state index contributed by atoms with van der Waals surface area (Å²) in [4.78, 5) is 9.18. The standard InChI is InChI=1S/C8H10ClFN4/c9-8-12-3-6(10)7(13-8)14-2-1-5(11)4-14/h3,5H,1-2,4,11H2/t5-/m0/s1. The number of aromatic nitrogens is 2. The monoisotopic (exact) mass is 216 g/mol. The first-order valence-corrected chi connectivity index (χ1v) is 4.73. The van der Waals surface area contributed by atoms with Crippen molar-refractivity contribution in [2.24, 2.45) is 5.73 Å². The molecule has 0 spiro atoms. The van der Waals surface area contributed by atoms with Crippen molar-refractivity contribution in [3.05, 3.63) is 17.3 Å². The maximum absolute atomic E-state index is 13.3. The summed E-state index contributed by atoms with van der Waals surface area (Å²) >= 11 is 5.58. The fourth-order valence-electron chi connectivity index (χ4n) is 1.54. The molecule has 76 valence electrons. The molecule has 1 aliphatic heterocycles. The Morgan fingerprint density at radius 3 is 3.07 bits per heavy atom. The van der Waals surface area contributed by atoms with Crippen LogP contribution in [0.15, 0.2) is 6.20 Å². The summed E-state index contributed by atoms with van der Waals surface area (Å²) in [6, 6.07) is 0.0862. The van der Waals surface area contributed by atoms with Gasteiger partial charge in [-0.2, -0.15) is 4.98 Å². The Kier molecular flexibility index (Phi) is 2.52. The van der Waals surface area contributed by atoms with E-state index in [0.717, 1.165) is 12.6 Å². The van der Waals surface area contributed by atoms with Gasteiger partial charge in [-0.1, -0.05) is 0 Å². The molecule has 4 nitrogen and oxygen atoms in total. The van der Waals surface area contributed by atoms with Crippen LogP contribution in [0.5, 0.6) is 0 Å². The highest BCUT2D eigenvalue weighted by Gasteiger charge is 2.23. The zero-order valence-electron chi connectivity index (χ0n) is 7.45. The molecule has 0 aliphatic carbocycles. The largest absolute Gasteiger partial charge is 0.352 e. The van der Waals surface area contributed by atoms with Crippen molar-refractivity contribution in [2.45, 2.75) is 12.5 Å². The second-order valence-electron chi connectivity index (χ2n) is 3.31. The lowest BCUT2D eigenvalue weighted by Crippen LogP contribution is -2.27. The second kappa shape index (κ2) is 3.67. The molecule has 1 aliphatic rings. The number of hydrogen-bond acceptors (Lipinski definition) is 4. The van der Waals surface area contributed by atoms with Gasteiger partial charge >= 0.3 is 0 Å². The molecule has 1 fully saturated rings. The Morgan fingerprint density at radius 2 is 2.43 bits per heavy atom. The number of nitrogens with two attached hydrogens (primary N) is 1. The highest BCUT2D eigenvalue weighted by Crippen LogP contribution is 2.21. The van der Waals surface area contributed by atoms with E-state index in [4.69, 9.17) is 17.3 Å². The lowest BCUT2D eigenvalue weighted by atomic mass is 10.3. The molecular weight excluding hydrogens is 207 g/mol. The molecule has 0 unspecified atom stereocenters. The average molecular weight is 217 g/mol. The summed E-state index contributed by atoms with van der Waals surface area (Å²) in [6.45, 7) is 1.33. The summed E-state index contributed by atoms with van der Waals surface area (Å²) in [7, 11) is 0. The van der Waals surface area contributed by atoms with Crippen LogP contribution in [0.25, 0.3) is 0 Å². The zero-order chi connectivity index (χ0) is 10.1. The smallest absolute Gasteiger partial charge is 0.224 e. The molecule has 2 rings (SSSR count). The van der Waals surface area contributed by atoms with Crippen LogP contribution < -0.4 is 10.6 Å². The second-order valence-corrected chi connectivity index (χ2v) is 3.64. The van der Waals surface area contributed by atoms with Crippen molar-refractivity contribution in [3.63, 3.8) is 0 Å². The number of nitrogens with zero attached hydrogens (tertiary/aromatic N) is 3. The zero-order valence-corrected chi connectivity index (χ0v) is 8.21. The minimum absolute atomic E-state index is 0.0573. The molecule has 1 atom stereocenters. The van der Waals surface area contributed by atoms with E-state index in [1.54, 1.807) is 4.90 Å². The van der Waals surface area contributed by atoms with Crippen LogP contribution in [0.1, 0.15) is 6.42 Å². The van der Waals surface area contributed by atoms with Gasteiger partial charge in [-0.05, 0) is 18.0 Å². The van der Waals surface area contributed by atoms with Crippen LogP contribution in [-0.2, 0) is 0 Å². The molecular formula is C8H10ClFN4. The van der Waals surface area contributed by atoms with Gasteiger partial charge in [0.25, 0.3) is 0 Å². The third-order valence-corrected chi connectivity index (χ3v) is 2.40. The minimum Gasteiger partial charge on any atom is -0.352 e. The number of rotatable bonds is 1. The highest BCUT2D eigenvalue weighted by molar-refractivity contribution is 6.28. The van der Waals surface area contributed by atoms with E-state index in [1.807, 2.05) is 0 Å². The average Bonchev–Trinajstić information content (AvgIpc) is 2.56. The topological polar surface area (TPSA) is 55.0 Å². The summed E-state index contributed by atoms with van der Waals surface area (Å²) in [5.74, 6) is -0.207. The van der Waals surface area contributed by atoms with Crippen molar-refractivity contribution in [1.29, 1.82) is 0 Å². The number of hydrogen-bond donors (Lipinski definition) is 1. The maximum Gasteiger partial charge on any atom is 0.224 e. The van der Waals surface area contributed by atoms with E-state index in [0.29, 0.717) is 13.1 Å². The molecule has 0 saturated carbocycles. The molecule has 2 heterocycles.